The molecule has 2 aromatic heterocycles. The number of nitrogens with one attached hydrogen (secondary N) is 1. The standard InChI is InChI=1S/C20H15N3O3/c1-12-5-6-17-14(7-12)9-18(26-17)20(25)23-15-10-21-19(22-11-15)13-3-2-4-16(24)8-13/h2-11,24H,1H3,(H,23,25). The molecule has 4 rings (SSSR count). The Labute approximate surface area is 149 Å². The molecule has 2 heterocycles. The average molecular weight is 345 g/mol. The summed E-state index contributed by atoms with van der Waals surface area (Å²) < 4.78 is 5.58. The van der Waals surface area contributed by atoms with Crippen molar-refractivity contribution in [2.75, 3.05) is 5.32 Å². The minimum absolute atomic E-state index is 0.142. The summed E-state index contributed by atoms with van der Waals surface area (Å²) in [6.07, 6.45) is 3.02. The summed E-state index contributed by atoms with van der Waals surface area (Å²) in [5.41, 5.74) is 2.91. The second-order valence-electron chi connectivity index (χ2n) is 5.95. The molecule has 1 amide bonds. The van der Waals surface area contributed by atoms with Gasteiger partial charge >= 0.3 is 0 Å². The molecule has 0 bridgehead atoms. The second-order valence-corrected chi connectivity index (χ2v) is 5.95. The first-order chi connectivity index (χ1) is 12.6. The lowest BCUT2D eigenvalue weighted by Crippen LogP contribution is -2.11. The highest BCUT2D eigenvalue weighted by Gasteiger charge is 2.13. The van der Waals surface area contributed by atoms with Gasteiger partial charge in [0, 0.05) is 10.9 Å². The van der Waals surface area contributed by atoms with Crippen molar-refractivity contribution in [3.8, 4) is 17.1 Å². The number of phenols is 1. The van der Waals surface area contributed by atoms with Crippen LogP contribution in [0.15, 0.2) is 65.3 Å². The monoisotopic (exact) mass is 345 g/mol. The van der Waals surface area contributed by atoms with Crippen molar-refractivity contribution in [1.29, 1.82) is 0 Å². The molecule has 26 heavy (non-hydrogen) atoms. The predicted molar refractivity (Wildman–Crippen MR) is 98.0 cm³/mol. The van der Waals surface area contributed by atoms with E-state index in [1.165, 1.54) is 12.4 Å². The zero-order valence-corrected chi connectivity index (χ0v) is 13.9. The number of phenolic OH excluding ortho intramolecular Hbond substituents is 1. The summed E-state index contributed by atoms with van der Waals surface area (Å²) >= 11 is 0. The number of anilines is 1. The number of carbonyl (C=O) groups is 1. The molecule has 0 saturated heterocycles. The molecular weight excluding hydrogens is 330 g/mol. The third-order valence-corrected chi connectivity index (χ3v) is 3.91. The Morgan fingerprint density at radius 1 is 1.08 bits per heavy atom. The number of carbonyl (C=O) groups excluding carboxylic acids is 1. The highest BCUT2D eigenvalue weighted by atomic mass is 16.3. The normalized spacial score (nSPS) is 10.8. The number of amides is 1. The van der Waals surface area contributed by atoms with Crippen LogP contribution in [-0.4, -0.2) is 21.0 Å². The Morgan fingerprint density at radius 2 is 1.88 bits per heavy atom. The van der Waals surface area contributed by atoms with Crippen molar-refractivity contribution >= 4 is 22.6 Å². The van der Waals surface area contributed by atoms with Crippen LogP contribution in [0.1, 0.15) is 16.1 Å². The quantitative estimate of drug-likeness (QED) is 0.582. The fourth-order valence-corrected chi connectivity index (χ4v) is 2.65. The second kappa shape index (κ2) is 6.33. The van der Waals surface area contributed by atoms with Crippen LogP contribution in [0.4, 0.5) is 5.69 Å². The van der Waals surface area contributed by atoms with Gasteiger partial charge in [0.15, 0.2) is 11.6 Å². The molecule has 0 unspecified atom stereocenters. The molecule has 0 saturated carbocycles. The summed E-state index contributed by atoms with van der Waals surface area (Å²) in [6.45, 7) is 1.98. The molecule has 2 aromatic carbocycles. The SMILES string of the molecule is Cc1ccc2oc(C(=O)Nc3cnc(-c4cccc(O)c4)nc3)cc2c1. The van der Waals surface area contributed by atoms with E-state index in [0.717, 1.165) is 10.9 Å². The molecule has 0 atom stereocenters. The largest absolute Gasteiger partial charge is 0.508 e. The summed E-state index contributed by atoms with van der Waals surface area (Å²) in [6, 6.07) is 14.1. The van der Waals surface area contributed by atoms with E-state index < -0.39 is 0 Å². The van der Waals surface area contributed by atoms with Crippen molar-refractivity contribution in [3.05, 3.63) is 72.2 Å². The van der Waals surface area contributed by atoms with Crippen molar-refractivity contribution in [2.45, 2.75) is 6.92 Å². The van der Waals surface area contributed by atoms with E-state index in [1.54, 1.807) is 30.3 Å². The Morgan fingerprint density at radius 3 is 2.65 bits per heavy atom. The number of aryl methyl sites for hydroxylation is 1. The van der Waals surface area contributed by atoms with Crippen LogP contribution in [0.25, 0.3) is 22.4 Å². The number of rotatable bonds is 3. The van der Waals surface area contributed by atoms with Crippen LogP contribution >= 0.6 is 0 Å². The van der Waals surface area contributed by atoms with Gasteiger partial charge in [0.25, 0.3) is 5.91 Å². The molecule has 0 spiro atoms. The molecule has 128 valence electrons. The number of hydrogen-bond acceptors (Lipinski definition) is 5. The molecule has 0 aliphatic carbocycles. The molecule has 6 nitrogen and oxygen atoms in total. The minimum atomic E-state index is -0.368. The van der Waals surface area contributed by atoms with Crippen LogP contribution in [0.3, 0.4) is 0 Å². The maximum Gasteiger partial charge on any atom is 0.291 e. The molecule has 0 aliphatic heterocycles. The van der Waals surface area contributed by atoms with Crippen LogP contribution in [0, 0.1) is 6.92 Å². The van der Waals surface area contributed by atoms with Gasteiger partial charge in [-0.3, -0.25) is 4.79 Å². The van der Waals surface area contributed by atoms with Crippen LogP contribution in [-0.2, 0) is 0 Å². The van der Waals surface area contributed by atoms with Crippen LogP contribution in [0.5, 0.6) is 5.75 Å². The maximum atomic E-state index is 12.4. The third-order valence-electron chi connectivity index (χ3n) is 3.91. The highest BCUT2D eigenvalue weighted by Crippen LogP contribution is 2.22. The molecular formula is C20H15N3O3. The van der Waals surface area contributed by atoms with Gasteiger partial charge in [0.05, 0.1) is 18.1 Å². The lowest BCUT2D eigenvalue weighted by atomic mass is 10.2. The summed E-state index contributed by atoms with van der Waals surface area (Å²) in [5, 5.41) is 13.1. The van der Waals surface area contributed by atoms with Crippen molar-refractivity contribution in [3.63, 3.8) is 0 Å². The van der Waals surface area contributed by atoms with E-state index in [-0.39, 0.29) is 17.4 Å². The van der Waals surface area contributed by atoms with Crippen LogP contribution in [0.2, 0.25) is 0 Å². The Balaban J connectivity index is 1.53. The van der Waals surface area contributed by atoms with Crippen molar-refractivity contribution in [1.82, 2.24) is 9.97 Å². The van der Waals surface area contributed by atoms with Gasteiger partial charge in [0.1, 0.15) is 11.3 Å². The highest BCUT2D eigenvalue weighted by molar-refractivity contribution is 6.04. The van der Waals surface area contributed by atoms with E-state index in [4.69, 9.17) is 4.42 Å². The molecule has 0 fully saturated rings. The summed E-state index contributed by atoms with van der Waals surface area (Å²) in [7, 11) is 0. The number of aromatic nitrogens is 2. The van der Waals surface area contributed by atoms with E-state index in [0.29, 0.717) is 22.7 Å². The van der Waals surface area contributed by atoms with Crippen LogP contribution < -0.4 is 5.32 Å². The van der Waals surface area contributed by atoms with E-state index in [9.17, 15) is 9.90 Å². The fraction of sp³-hybridized carbons (Fsp3) is 0.0500. The number of fused-ring (bicyclic) bond motifs is 1. The number of nitrogens with zero attached hydrogens (tertiary/aromatic N) is 2. The predicted octanol–water partition coefficient (Wildman–Crippen LogP) is 4.16. The maximum absolute atomic E-state index is 12.4. The lowest BCUT2D eigenvalue weighted by molar-refractivity contribution is 0.0998. The minimum Gasteiger partial charge on any atom is -0.508 e. The molecule has 6 heteroatoms. The van der Waals surface area contributed by atoms with Gasteiger partial charge in [-0.05, 0) is 37.3 Å². The average Bonchev–Trinajstić information content (AvgIpc) is 3.05. The van der Waals surface area contributed by atoms with Crippen molar-refractivity contribution in [2.24, 2.45) is 0 Å². The zero-order chi connectivity index (χ0) is 18.1. The smallest absolute Gasteiger partial charge is 0.291 e. The number of aromatic hydroxyl groups is 1. The Bertz CT molecular complexity index is 1100. The first-order valence-corrected chi connectivity index (χ1v) is 8.01. The lowest BCUT2D eigenvalue weighted by Gasteiger charge is -2.04. The first kappa shape index (κ1) is 15.8. The molecule has 2 N–H and O–H groups in total. The van der Waals surface area contributed by atoms with Gasteiger partial charge in [-0.25, -0.2) is 9.97 Å². The third kappa shape index (κ3) is 3.12. The van der Waals surface area contributed by atoms with Gasteiger partial charge in [-0.2, -0.15) is 0 Å². The van der Waals surface area contributed by atoms with Gasteiger partial charge < -0.3 is 14.8 Å². The van der Waals surface area contributed by atoms with Crippen molar-refractivity contribution < 1.29 is 14.3 Å². The van der Waals surface area contributed by atoms with Gasteiger partial charge in [-0.15, -0.1) is 0 Å². The summed E-state index contributed by atoms with van der Waals surface area (Å²) in [4.78, 5) is 20.8. The zero-order valence-electron chi connectivity index (χ0n) is 13.9. The summed E-state index contributed by atoms with van der Waals surface area (Å²) in [5.74, 6) is 0.455. The van der Waals surface area contributed by atoms with E-state index >= 15 is 0 Å². The topological polar surface area (TPSA) is 88.2 Å². The number of furan rings is 1. The number of benzene rings is 2. The first-order valence-electron chi connectivity index (χ1n) is 8.01. The molecule has 0 radical (unpaired) electrons. The number of hydrogen-bond donors (Lipinski definition) is 2. The molecule has 4 aromatic rings. The Hall–Kier alpha value is -3.67. The Kier molecular flexibility index (Phi) is 3.85. The van der Waals surface area contributed by atoms with Gasteiger partial charge in [0.2, 0.25) is 0 Å². The molecule has 0 aliphatic rings. The van der Waals surface area contributed by atoms with E-state index in [2.05, 4.69) is 15.3 Å². The van der Waals surface area contributed by atoms with E-state index in [1.807, 2.05) is 25.1 Å². The van der Waals surface area contributed by atoms with Gasteiger partial charge in [-0.1, -0.05) is 23.8 Å². The fourth-order valence-electron chi connectivity index (χ4n) is 2.65.